The first-order valence-corrected chi connectivity index (χ1v) is 13.4. The molecule has 2 unspecified atom stereocenters. The van der Waals surface area contributed by atoms with Crippen molar-refractivity contribution in [2.75, 3.05) is 23.7 Å². The molecule has 0 aromatic carbocycles. The van der Waals surface area contributed by atoms with E-state index in [-0.39, 0.29) is 28.4 Å². The van der Waals surface area contributed by atoms with Gasteiger partial charge in [0.2, 0.25) is 0 Å². The van der Waals surface area contributed by atoms with Crippen molar-refractivity contribution >= 4 is 26.7 Å². The summed E-state index contributed by atoms with van der Waals surface area (Å²) in [5.74, 6) is -0.844. The molecule has 0 amide bonds. The molecule has 2 fully saturated rings. The Labute approximate surface area is 206 Å². The van der Waals surface area contributed by atoms with Gasteiger partial charge in [-0.05, 0) is 31.0 Å². The van der Waals surface area contributed by atoms with E-state index in [1.165, 1.54) is 19.3 Å². The smallest absolute Gasteiger partial charge is 0.195 e. The summed E-state index contributed by atoms with van der Waals surface area (Å²) in [5, 5.41) is 15.2. The molecule has 0 bridgehead atoms. The van der Waals surface area contributed by atoms with Gasteiger partial charge in [-0.15, -0.1) is 0 Å². The van der Waals surface area contributed by atoms with E-state index in [1.807, 2.05) is 23.1 Å². The summed E-state index contributed by atoms with van der Waals surface area (Å²) in [5.41, 5.74) is 1.79. The van der Waals surface area contributed by atoms with Crippen LogP contribution in [0.25, 0.3) is 22.3 Å². The van der Waals surface area contributed by atoms with Crippen LogP contribution < -0.4 is 4.90 Å². The average Bonchev–Trinajstić information content (AvgIpc) is 3.36. The highest BCUT2D eigenvalue weighted by Crippen LogP contribution is 2.57. The lowest BCUT2D eigenvalue weighted by molar-refractivity contribution is 0.286. The van der Waals surface area contributed by atoms with Crippen LogP contribution in [0.2, 0.25) is 0 Å². The molecule has 4 aromatic heterocycles. The van der Waals surface area contributed by atoms with Crippen LogP contribution in [0.4, 0.5) is 10.2 Å². The predicted octanol–water partition coefficient (Wildman–Crippen LogP) is 2.91. The molecule has 36 heavy (non-hydrogen) atoms. The van der Waals surface area contributed by atoms with Crippen LogP contribution in [0.5, 0.6) is 0 Å². The lowest BCUT2D eigenvalue weighted by Gasteiger charge is -2.25. The fourth-order valence-electron chi connectivity index (χ4n) is 5.41. The SMILES string of the molecule is CCS(=O)(=O)c1ccc(F)c(N2CC[C@H](C3(n4cc(-c5ncnc6[nH]ccc56)cn4)CC3C#N)C2)n1. The Balaban J connectivity index is 1.31. The molecule has 4 aromatic rings. The summed E-state index contributed by atoms with van der Waals surface area (Å²) >= 11 is 0. The number of nitrogens with zero attached hydrogens (tertiary/aromatic N) is 7. The maximum absolute atomic E-state index is 14.7. The van der Waals surface area contributed by atoms with E-state index in [9.17, 15) is 18.1 Å². The highest BCUT2D eigenvalue weighted by Gasteiger charge is 2.63. The number of aromatic amines is 1. The highest BCUT2D eigenvalue weighted by atomic mass is 32.2. The van der Waals surface area contributed by atoms with Gasteiger partial charge >= 0.3 is 0 Å². The molecule has 3 atom stereocenters. The number of sulfone groups is 1. The minimum absolute atomic E-state index is 0.0141. The molecule has 12 heteroatoms. The Kier molecular flexibility index (Phi) is 5.08. The molecule has 1 aliphatic heterocycles. The van der Waals surface area contributed by atoms with Crippen molar-refractivity contribution in [3.05, 3.63) is 48.9 Å². The van der Waals surface area contributed by atoms with Crippen LogP contribution in [0.1, 0.15) is 19.8 Å². The summed E-state index contributed by atoms with van der Waals surface area (Å²) in [7, 11) is -3.56. The second-order valence-corrected chi connectivity index (χ2v) is 11.5. The summed E-state index contributed by atoms with van der Waals surface area (Å²) in [6.07, 6.45) is 8.32. The van der Waals surface area contributed by atoms with Crippen LogP contribution in [-0.2, 0) is 15.4 Å². The molecule has 6 rings (SSSR count). The number of nitriles is 1. The van der Waals surface area contributed by atoms with Crippen LogP contribution in [-0.4, -0.2) is 57.0 Å². The molecule has 184 valence electrons. The van der Waals surface area contributed by atoms with Gasteiger partial charge in [-0.1, -0.05) is 6.92 Å². The van der Waals surface area contributed by atoms with Crippen LogP contribution in [0.15, 0.2) is 48.1 Å². The topological polar surface area (TPSA) is 133 Å². The van der Waals surface area contributed by atoms with Crippen LogP contribution >= 0.6 is 0 Å². The van der Waals surface area contributed by atoms with Gasteiger partial charge in [-0.2, -0.15) is 10.4 Å². The zero-order valence-electron chi connectivity index (χ0n) is 19.5. The highest BCUT2D eigenvalue weighted by molar-refractivity contribution is 7.91. The number of fused-ring (bicyclic) bond motifs is 1. The normalized spacial score (nSPS) is 23.8. The predicted molar refractivity (Wildman–Crippen MR) is 129 cm³/mol. The first kappa shape index (κ1) is 22.6. The Morgan fingerprint density at radius 1 is 1.31 bits per heavy atom. The van der Waals surface area contributed by atoms with Crippen molar-refractivity contribution in [1.82, 2.24) is 29.7 Å². The van der Waals surface area contributed by atoms with Gasteiger partial charge in [0.25, 0.3) is 0 Å². The minimum atomic E-state index is -3.56. The quantitative estimate of drug-likeness (QED) is 0.422. The zero-order chi connectivity index (χ0) is 25.1. The van der Waals surface area contributed by atoms with Crippen LogP contribution in [0, 0.1) is 29.0 Å². The van der Waals surface area contributed by atoms with Crippen molar-refractivity contribution in [3.63, 3.8) is 0 Å². The van der Waals surface area contributed by atoms with E-state index < -0.39 is 21.2 Å². The van der Waals surface area contributed by atoms with Crippen molar-refractivity contribution in [3.8, 4) is 17.3 Å². The summed E-state index contributed by atoms with van der Waals surface area (Å²) in [4.78, 5) is 17.7. The number of pyridine rings is 1. The molecular weight excluding hydrogens is 483 g/mol. The van der Waals surface area contributed by atoms with Gasteiger partial charge in [0, 0.05) is 42.4 Å². The lowest BCUT2D eigenvalue weighted by atomic mass is 9.94. The number of nitrogens with one attached hydrogen (secondary N) is 1. The number of hydrogen-bond donors (Lipinski definition) is 1. The average molecular weight is 507 g/mol. The first-order valence-electron chi connectivity index (χ1n) is 11.7. The van der Waals surface area contributed by atoms with Crippen LogP contribution in [0.3, 0.4) is 0 Å². The van der Waals surface area contributed by atoms with E-state index in [1.54, 1.807) is 11.1 Å². The zero-order valence-corrected chi connectivity index (χ0v) is 20.3. The molecule has 5 heterocycles. The number of aromatic nitrogens is 6. The van der Waals surface area contributed by atoms with Gasteiger partial charge in [0.05, 0.1) is 35.2 Å². The number of hydrogen-bond acceptors (Lipinski definition) is 8. The monoisotopic (exact) mass is 506 g/mol. The van der Waals surface area contributed by atoms with E-state index in [2.05, 4.69) is 31.1 Å². The molecule has 0 radical (unpaired) electrons. The van der Waals surface area contributed by atoms with Gasteiger partial charge in [0.15, 0.2) is 26.5 Å². The summed E-state index contributed by atoms with van der Waals surface area (Å²) in [6, 6.07) is 6.68. The van der Waals surface area contributed by atoms with E-state index in [0.29, 0.717) is 25.9 Å². The Morgan fingerprint density at radius 3 is 2.94 bits per heavy atom. The Morgan fingerprint density at radius 2 is 2.17 bits per heavy atom. The first-order chi connectivity index (χ1) is 17.4. The molecule has 1 saturated carbocycles. The minimum Gasteiger partial charge on any atom is -0.354 e. The molecule has 0 spiro atoms. The fourth-order valence-corrected chi connectivity index (χ4v) is 6.21. The molecule has 10 nitrogen and oxygen atoms in total. The maximum Gasteiger partial charge on any atom is 0.195 e. The van der Waals surface area contributed by atoms with E-state index in [0.717, 1.165) is 28.4 Å². The van der Waals surface area contributed by atoms with Crippen molar-refractivity contribution in [2.45, 2.75) is 30.3 Å². The van der Waals surface area contributed by atoms with Gasteiger partial charge in [-0.3, -0.25) is 4.68 Å². The van der Waals surface area contributed by atoms with E-state index in [4.69, 9.17) is 0 Å². The standard InChI is InChI=1S/C24H23FN8O2S/c1-2-36(34,35)20-4-3-19(25)23(31-20)32-8-6-16(13-32)24(9-17(24)10-26)33-12-15(11-30-33)21-18-5-7-27-22(18)29-14-28-21/h3-5,7,11-12,14,16-17H,2,6,8-9,13H2,1H3,(H,27,28,29)/t16-,17?,24?/m0/s1. The number of anilines is 1. The number of H-pyrrole nitrogens is 1. The van der Waals surface area contributed by atoms with Crippen molar-refractivity contribution < 1.29 is 12.8 Å². The van der Waals surface area contributed by atoms with Gasteiger partial charge < -0.3 is 9.88 Å². The van der Waals surface area contributed by atoms with E-state index >= 15 is 0 Å². The fraction of sp³-hybridized carbons (Fsp3) is 0.375. The second-order valence-electron chi connectivity index (χ2n) is 9.30. The molecule has 2 aliphatic rings. The molecule has 1 saturated heterocycles. The van der Waals surface area contributed by atoms with Crippen molar-refractivity contribution in [2.24, 2.45) is 11.8 Å². The van der Waals surface area contributed by atoms with Crippen molar-refractivity contribution in [1.29, 1.82) is 5.26 Å². The number of rotatable bonds is 6. The third-order valence-corrected chi connectivity index (χ3v) is 9.09. The van der Waals surface area contributed by atoms with Gasteiger partial charge in [-0.25, -0.2) is 27.8 Å². The Hall–Kier alpha value is -3.85. The lowest BCUT2D eigenvalue weighted by Crippen LogP contribution is -2.33. The third kappa shape index (κ3) is 3.37. The summed E-state index contributed by atoms with van der Waals surface area (Å²) < 4.78 is 41.2. The Bertz CT molecular complexity index is 1620. The van der Waals surface area contributed by atoms with Gasteiger partial charge in [0.1, 0.15) is 12.0 Å². The molecule has 1 N–H and O–H groups in total. The molecular formula is C24H23FN8O2S. The summed E-state index contributed by atoms with van der Waals surface area (Å²) in [6.45, 7) is 2.49. The number of halogens is 1. The largest absolute Gasteiger partial charge is 0.354 e. The third-order valence-electron chi connectivity index (χ3n) is 7.46. The maximum atomic E-state index is 14.7. The molecule has 1 aliphatic carbocycles. The second kappa shape index (κ2) is 8.09.